The minimum Gasteiger partial charge on any atom is -0.402 e. The molecule has 1 aliphatic carbocycles. The molecule has 2 nitrogen and oxygen atoms in total. The molecule has 0 amide bonds. The first-order chi connectivity index (χ1) is 8.50. The van der Waals surface area contributed by atoms with Crippen LogP contribution < -0.4 is 11.5 Å². The molecule has 1 aliphatic rings. The fraction of sp³-hybridized carbons (Fsp3) is 0.333. The van der Waals surface area contributed by atoms with Crippen LogP contribution in [0.2, 0.25) is 0 Å². The lowest BCUT2D eigenvalue weighted by molar-refractivity contribution is 0.460. The number of nitrogens with two attached hydrogens (primary N) is 2. The Morgan fingerprint density at radius 2 is 2.00 bits per heavy atom. The van der Waals surface area contributed by atoms with Crippen LogP contribution in [-0.2, 0) is 0 Å². The Hall–Kier alpha value is -1.06. The van der Waals surface area contributed by atoms with Crippen LogP contribution in [0.25, 0.3) is 6.08 Å². The summed E-state index contributed by atoms with van der Waals surface area (Å²) < 4.78 is 1.08. The third kappa shape index (κ3) is 2.85. The topological polar surface area (TPSA) is 52.0 Å². The van der Waals surface area contributed by atoms with Crippen molar-refractivity contribution in [3.8, 4) is 0 Å². The average molecular weight is 307 g/mol. The van der Waals surface area contributed by atoms with Gasteiger partial charge in [-0.25, -0.2) is 0 Å². The molecule has 0 heterocycles. The van der Waals surface area contributed by atoms with Crippen molar-refractivity contribution in [3.05, 3.63) is 51.6 Å². The second kappa shape index (κ2) is 5.29. The summed E-state index contributed by atoms with van der Waals surface area (Å²) in [4.78, 5) is 0. The van der Waals surface area contributed by atoms with E-state index in [0.29, 0.717) is 0 Å². The van der Waals surface area contributed by atoms with Gasteiger partial charge in [-0.05, 0) is 43.4 Å². The summed E-state index contributed by atoms with van der Waals surface area (Å²) in [6.45, 7) is 2.05. The quantitative estimate of drug-likeness (QED) is 0.877. The standard InChI is InChI=1S/C15H19BrN2/c1-15(18)10-4-7-14(17)12(15)9-8-11-5-2-3-6-13(11)16/h2-3,5-6,8-9H,4,7,10,17-18H2,1H3/b9-8+. The van der Waals surface area contributed by atoms with E-state index in [-0.39, 0.29) is 5.54 Å². The number of benzene rings is 1. The lowest BCUT2D eigenvalue weighted by Crippen LogP contribution is -2.41. The first kappa shape index (κ1) is 13.4. The zero-order valence-electron chi connectivity index (χ0n) is 10.6. The lowest BCUT2D eigenvalue weighted by Gasteiger charge is -2.32. The normalized spacial score (nSPS) is 24.8. The van der Waals surface area contributed by atoms with Crippen molar-refractivity contribution in [1.82, 2.24) is 0 Å². The zero-order valence-corrected chi connectivity index (χ0v) is 12.2. The van der Waals surface area contributed by atoms with Crippen LogP contribution in [0, 0.1) is 0 Å². The Morgan fingerprint density at radius 3 is 2.67 bits per heavy atom. The molecular weight excluding hydrogens is 288 g/mol. The molecule has 1 atom stereocenters. The number of hydrogen-bond donors (Lipinski definition) is 2. The second-order valence-electron chi connectivity index (χ2n) is 5.06. The molecule has 0 radical (unpaired) electrons. The highest BCUT2D eigenvalue weighted by Gasteiger charge is 2.27. The van der Waals surface area contributed by atoms with Gasteiger partial charge in [-0.2, -0.15) is 0 Å². The van der Waals surface area contributed by atoms with E-state index in [4.69, 9.17) is 11.5 Å². The highest BCUT2D eigenvalue weighted by atomic mass is 79.9. The van der Waals surface area contributed by atoms with Gasteiger partial charge in [0.2, 0.25) is 0 Å². The van der Waals surface area contributed by atoms with E-state index in [1.165, 1.54) is 0 Å². The van der Waals surface area contributed by atoms with Crippen molar-refractivity contribution in [2.45, 2.75) is 31.7 Å². The smallest absolute Gasteiger partial charge is 0.0398 e. The van der Waals surface area contributed by atoms with Crippen LogP contribution in [0.1, 0.15) is 31.7 Å². The van der Waals surface area contributed by atoms with Gasteiger partial charge in [-0.15, -0.1) is 0 Å². The maximum atomic E-state index is 6.31. The van der Waals surface area contributed by atoms with Crippen LogP contribution in [0.3, 0.4) is 0 Å². The van der Waals surface area contributed by atoms with Crippen molar-refractivity contribution in [2.24, 2.45) is 11.5 Å². The molecule has 18 heavy (non-hydrogen) atoms. The van der Waals surface area contributed by atoms with Crippen LogP contribution >= 0.6 is 15.9 Å². The van der Waals surface area contributed by atoms with Gasteiger partial charge in [0.1, 0.15) is 0 Å². The fourth-order valence-electron chi connectivity index (χ4n) is 2.36. The molecule has 0 fully saturated rings. The van der Waals surface area contributed by atoms with Gasteiger partial charge >= 0.3 is 0 Å². The Bertz CT molecular complexity index is 501. The first-order valence-electron chi connectivity index (χ1n) is 6.21. The van der Waals surface area contributed by atoms with Gasteiger partial charge in [0, 0.05) is 15.7 Å². The largest absolute Gasteiger partial charge is 0.402 e. The molecule has 0 bridgehead atoms. The van der Waals surface area contributed by atoms with Crippen LogP contribution in [-0.4, -0.2) is 5.54 Å². The SMILES string of the molecule is CC1(N)CCCC(N)=C1/C=C/c1ccccc1Br. The fourth-order valence-corrected chi connectivity index (χ4v) is 2.78. The number of allylic oxidation sites excluding steroid dienone is 1. The van der Waals surface area contributed by atoms with E-state index in [0.717, 1.165) is 40.6 Å². The van der Waals surface area contributed by atoms with Gasteiger partial charge in [0.05, 0.1) is 0 Å². The summed E-state index contributed by atoms with van der Waals surface area (Å²) in [6, 6.07) is 8.11. The molecule has 2 rings (SSSR count). The van der Waals surface area contributed by atoms with E-state index >= 15 is 0 Å². The van der Waals surface area contributed by atoms with Crippen LogP contribution in [0.4, 0.5) is 0 Å². The monoisotopic (exact) mass is 306 g/mol. The Labute approximate surface area is 117 Å². The predicted molar refractivity (Wildman–Crippen MR) is 80.8 cm³/mol. The molecule has 1 unspecified atom stereocenters. The van der Waals surface area contributed by atoms with E-state index in [1.807, 2.05) is 18.2 Å². The van der Waals surface area contributed by atoms with Gasteiger partial charge in [0.25, 0.3) is 0 Å². The van der Waals surface area contributed by atoms with Crippen molar-refractivity contribution in [3.63, 3.8) is 0 Å². The number of halogens is 1. The molecule has 0 aromatic heterocycles. The van der Waals surface area contributed by atoms with Crippen molar-refractivity contribution >= 4 is 22.0 Å². The minimum absolute atomic E-state index is 0.305. The molecule has 0 saturated carbocycles. The minimum atomic E-state index is -0.305. The third-order valence-corrected chi connectivity index (χ3v) is 4.16. The van der Waals surface area contributed by atoms with E-state index in [2.05, 4.69) is 41.1 Å². The highest BCUT2D eigenvalue weighted by molar-refractivity contribution is 9.10. The molecule has 0 saturated heterocycles. The summed E-state index contributed by atoms with van der Waals surface area (Å²) in [6.07, 6.45) is 7.15. The molecular formula is C15H19BrN2. The van der Waals surface area contributed by atoms with Gasteiger partial charge in [-0.3, -0.25) is 0 Å². The second-order valence-corrected chi connectivity index (χ2v) is 5.92. The molecule has 1 aromatic carbocycles. The van der Waals surface area contributed by atoms with E-state index in [9.17, 15) is 0 Å². The zero-order chi connectivity index (χ0) is 13.2. The summed E-state index contributed by atoms with van der Waals surface area (Å²) in [5.41, 5.74) is 15.2. The number of rotatable bonds is 2. The summed E-state index contributed by atoms with van der Waals surface area (Å²) in [7, 11) is 0. The lowest BCUT2D eigenvalue weighted by atomic mass is 9.80. The highest BCUT2D eigenvalue weighted by Crippen LogP contribution is 2.31. The maximum absolute atomic E-state index is 6.31. The van der Waals surface area contributed by atoms with E-state index < -0.39 is 0 Å². The summed E-state index contributed by atoms with van der Waals surface area (Å²) in [5.74, 6) is 0. The van der Waals surface area contributed by atoms with Crippen molar-refractivity contribution in [1.29, 1.82) is 0 Å². The Kier molecular flexibility index (Phi) is 3.93. The van der Waals surface area contributed by atoms with Crippen molar-refractivity contribution < 1.29 is 0 Å². The summed E-state index contributed by atoms with van der Waals surface area (Å²) >= 11 is 3.54. The Morgan fingerprint density at radius 1 is 1.28 bits per heavy atom. The molecule has 96 valence electrons. The van der Waals surface area contributed by atoms with E-state index in [1.54, 1.807) is 0 Å². The molecule has 4 N–H and O–H groups in total. The number of hydrogen-bond acceptors (Lipinski definition) is 2. The van der Waals surface area contributed by atoms with Crippen molar-refractivity contribution in [2.75, 3.05) is 0 Å². The van der Waals surface area contributed by atoms with Crippen LogP contribution in [0.15, 0.2) is 46.1 Å². The van der Waals surface area contributed by atoms with Crippen LogP contribution in [0.5, 0.6) is 0 Å². The predicted octanol–water partition coefficient (Wildman–Crippen LogP) is 3.58. The van der Waals surface area contributed by atoms with Gasteiger partial charge < -0.3 is 11.5 Å². The third-order valence-electron chi connectivity index (χ3n) is 3.44. The first-order valence-corrected chi connectivity index (χ1v) is 7.00. The molecule has 0 aliphatic heterocycles. The summed E-state index contributed by atoms with van der Waals surface area (Å²) in [5, 5.41) is 0. The molecule has 1 aromatic rings. The molecule has 3 heteroatoms. The Balaban J connectivity index is 2.31. The average Bonchev–Trinajstić information content (AvgIpc) is 2.30. The van der Waals surface area contributed by atoms with Gasteiger partial charge in [0.15, 0.2) is 0 Å². The van der Waals surface area contributed by atoms with Gasteiger partial charge in [-0.1, -0.05) is 46.3 Å². The maximum Gasteiger partial charge on any atom is 0.0398 e. The molecule has 0 spiro atoms.